The molecule has 0 radical (unpaired) electrons. The van der Waals surface area contributed by atoms with E-state index in [1.165, 1.54) is 6.26 Å². The molecule has 84 valence electrons. The largest absolute Gasteiger partial charge is 0.459 e. The SMILES string of the molecule is Cn1cnnc1CCNC(=O)c1ccco1. The van der Waals surface area contributed by atoms with Gasteiger partial charge in [0.15, 0.2) is 5.76 Å². The van der Waals surface area contributed by atoms with E-state index in [4.69, 9.17) is 4.42 Å². The zero-order chi connectivity index (χ0) is 11.4. The van der Waals surface area contributed by atoms with Gasteiger partial charge in [-0.05, 0) is 12.1 Å². The molecule has 0 aliphatic rings. The summed E-state index contributed by atoms with van der Waals surface area (Å²) in [6.45, 7) is 0.506. The van der Waals surface area contributed by atoms with Gasteiger partial charge in [-0.25, -0.2) is 0 Å². The first-order chi connectivity index (χ1) is 7.77. The summed E-state index contributed by atoms with van der Waals surface area (Å²) < 4.78 is 6.78. The summed E-state index contributed by atoms with van der Waals surface area (Å²) >= 11 is 0. The zero-order valence-electron chi connectivity index (χ0n) is 8.88. The number of aryl methyl sites for hydroxylation is 1. The van der Waals surface area contributed by atoms with Crippen molar-refractivity contribution >= 4 is 5.91 Å². The number of hydrogen-bond donors (Lipinski definition) is 1. The number of amides is 1. The lowest BCUT2D eigenvalue weighted by Crippen LogP contribution is -2.25. The molecule has 0 aromatic carbocycles. The van der Waals surface area contributed by atoms with Crippen molar-refractivity contribution in [3.8, 4) is 0 Å². The molecule has 0 aliphatic heterocycles. The predicted octanol–water partition coefficient (Wildman–Crippen LogP) is 0.381. The molecule has 16 heavy (non-hydrogen) atoms. The van der Waals surface area contributed by atoms with E-state index in [1.54, 1.807) is 18.5 Å². The van der Waals surface area contributed by atoms with E-state index in [0.29, 0.717) is 18.7 Å². The highest BCUT2D eigenvalue weighted by Gasteiger charge is 2.07. The number of nitrogens with one attached hydrogen (secondary N) is 1. The lowest BCUT2D eigenvalue weighted by molar-refractivity contribution is 0.0926. The second kappa shape index (κ2) is 4.61. The Labute approximate surface area is 92.3 Å². The van der Waals surface area contributed by atoms with E-state index in [1.807, 2.05) is 11.6 Å². The molecule has 2 rings (SSSR count). The molecule has 0 spiro atoms. The molecule has 0 saturated carbocycles. The Bertz CT molecular complexity index is 461. The van der Waals surface area contributed by atoms with Crippen molar-refractivity contribution in [1.29, 1.82) is 0 Å². The molecular weight excluding hydrogens is 208 g/mol. The second-order valence-electron chi connectivity index (χ2n) is 3.34. The summed E-state index contributed by atoms with van der Waals surface area (Å²) in [4.78, 5) is 11.5. The first-order valence-electron chi connectivity index (χ1n) is 4.92. The van der Waals surface area contributed by atoms with Gasteiger partial charge >= 0.3 is 0 Å². The highest BCUT2D eigenvalue weighted by Crippen LogP contribution is 1.99. The standard InChI is InChI=1S/C10H12N4O2/c1-14-7-12-13-9(14)4-5-11-10(15)8-3-2-6-16-8/h2-3,6-7H,4-5H2,1H3,(H,11,15). The van der Waals surface area contributed by atoms with Crippen LogP contribution in [-0.2, 0) is 13.5 Å². The highest BCUT2D eigenvalue weighted by atomic mass is 16.3. The van der Waals surface area contributed by atoms with Crippen LogP contribution >= 0.6 is 0 Å². The molecule has 0 saturated heterocycles. The Kier molecular flexibility index (Phi) is 3.00. The van der Waals surface area contributed by atoms with Crippen LogP contribution in [0.25, 0.3) is 0 Å². The van der Waals surface area contributed by atoms with Gasteiger partial charge in [0.1, 0.15) is 12.2 Å². The maximum Gasteiger partial charge on any atom is 0.286 e. The fourth-order valence-electron chi connectivity index (χ4n) is 1.32. The third-order valence-corrected chi connectivity index (χ3v) is 2.18. The monoisotopic (exact) mass is 220 g/mol. The summed E-state index contributed by atoms with van der Waals surface area (Å²) in [7, 11) is 1.86. The third-order valence-electron chi connectivity index (χ3n) is 2.18. The van der Waals surface area contributed by atoms with Gasteiger partial charge in [-0.15, -0.1) is 10.2 Å². The second-order valence-corrected chi connectivity index (χ2v) is 3.34. The van der Waals surface area contributed by atoms with Crippen molar-refractivity contribution in [2.75, 3.05) is 6.54 Å². The molecule has 6 heteroatoms. The van der Waals surface area contributed by atoms with Gasteiger partial charge in [0.25, 0.3) is 5.91 Å². The molecular formula is C10H12N4O2. The first kappa shape index (κ1) is 10.4. The lowest BCUT2D eigenvalue weighted by atomic mass is 10.3. The number of aromatic nitrogens is 3. The van der Waals surface area contributed by atoms with Crippen LogP contribution in [0.2, 0.25) is 0 Å². The van der Waals surface area contributed by atoms with Crippen LogP contribution in [0.15, 0.2) is 29.1 Å². The topological polar surface area (TPSA) is 73.0 Å². The van der Waals surface area contributed by atoms with E-state index in [0.717, 1.165) is 5.82 Å². The predicted molar refractivity (Wildman–Crippen MR) is 55.7 cm³/mol. The van der Waals surface area contributed by atoms with Gasteiger partial charge in [-0.3, -0.25) is 4.79 Å². The highest BCUT2D eigenvalue weighted by molar-refractivity contribution is 5.91. The number of hydrogen-bond acceptors (Lipinski definition) is 4. The van der Waals surface area contributed by atoms with Crippen LogP contribution in [0, 0.1) is 0 Å². The average Bonchev–Trinajstić information content (AvgIpc) is 2.90. The summed E-state index contributed by atoms with van der Waals surface area (Å²) in [6, 6.07) is 3.30. The fraction of sp³-hybridized carbons (Fsp3) is 0.300. The maximum absolute atomic E-state index is 11.5. The Morgan fingerprint density at radius 3 is 3.12 bits per heavy atom. The number of furan rings is 1. The molecule has 0 bridgehead atoms. The minimum Gasteiger partial charge on any atom is -0.459 e. The van der Waals surface area contributed by atoms with Gasteiger partial charge < -0.3 is 14.3 Å². The summed E-state index contributed by atoms with van der Waals surface area (Å²) in [5.74, 6) is 0.935. The molecule has 2 aromatic heterocycles. The quantitative estimate of drug-likeness (QED) is 0.808. The van der Waals surface area contributed by atoms with E-state index >= 15 is 0 Å². The first-order valence-corrected chi connectivity index (χ1v) is 4.92. The molecule has 1 N–H and O–H groups in total. The number of nitrogens with zero attached hydrogens (tertiary/aromatic N) is 3. The summed E-state index contributed by atoms with van der Waals surface area (Å²) in [5.41, 5.74) is 0. The maximum atomic E-state index is 11.5. The normalized spacial score (nSPS) is 10.3. The molecule has 1 amide bonds. The van der Waals surface area contributed by atoms with Gasteiger partial charge in [0, 0.05) is 20.0 Å². The molecule has 0 atom stereocenters. The molecule has 2 aromatic rings. The van der Waals surface area contributed by atoms with Gasteiger partial charge in [-0.2, -0.15) is 0 Å². The van der Waals surface area contributed by atoms with Crippen LogP contribution < -0.4 is 5.32 Å². The van der Waals surface area contributed by atoms with E-state index in [-0.39, 0.29) is 5.91 Å². The average molecular weight is 220 g/mol. The fourth-order valence-corrected chi connectivity index (χ4v) is 1.32. The van der Waals surface area contributed by atoms with Crippen LogP contribution in [0.4, 0.5) is 0 Å². The molecule has 6 nitrogen and oxygen atoms in total. The van der Waals surface area contributed by atoms with Crippen molar-refractivity contribution in [2.24, 2.45) is 7.05 Å². The van der Waals surface area contributed by atoms with Gasteiger partial charge in [-0.1, -0.05) is 0 Å². The van der Waals surface area contributed by atoms with Crippen molar-refractivity contribution < 1.29 is 9.21 Å². The Hall–Kier alpha value is -2.11. The van der Waals surface area contributed by atoms with Crippen LogP contribution in [0.1, 0.15) is 16.4 Å². The Morgan fingerprint density at radius 2 is 2.50 bits per heavy atom. The van der Waals surface area contributed by atoms with Crippen molar-refractivity contribution in [2.45, 2.75) is 6.42 Å². The number of carbonyl (C=O) groups excluding carboxylic acids is 1. The zero-order valence-corrected chi connectivity index (χ0v) is 8.88. The van der Waals surface area contributed by atoms with Crippen LogP contribution in [-0.4, -0.2) is 27.2 Å². The van der Waals surface area contributed by atoms with E-state index in [2.05, 4.69) is 15.5 Å². The molecule has 0 unspecified atom stereocenters. The van der Waals surface area contributed by atoms with Gasteiger partial charge in [0.2, 0.25) is 0 Å². The number of carbonyl (C=O) groups is 1. The Morgan fingerprint density at radius 1 is 1.62 bits per heavy atom. The van der Waals surface area contributed by atoms with Crippen molar-refractivity contribution in [3.05, 3.63) is 36.3 Å². The number of rotatable bonds is 4. The van der Waals surface area contributed by atoms with Crippen molar-refractivity contribution in [1.82, 2.24) is 20.1 Å². The van der Waals surface area contributed by atoms with Crippen molar-refractivity contribution in [3.63, 3.8) is 0 Å². The summed E-state index contributed by atoms with van der Waals surface area (Å²) in [6.07, 6.45) is 3.74. The van der Waals surface area contributed by atoms with Crippen LogP contribution in [0.3, 0.4) is 0 Å². The van der Waals surface area contributed by atoms with Gasteiger partial charge in [0.05, 0.1) is 6.26 Å². The Balaban J connectivity index is 1.81. The minimum atomic E-state index is -0.216. The lowest BCUT2D eigenvalue weighted by Gasteiger charge is -2.02. The van der Waals surface area contributed by atoms with E-state index in [9.17, 15) is 4.79 Å². The molecule has 0 fully saturated rings. The van der Waals surface area contributed by atoms with E-state index < -0.39 is 0 Å². The third kappa shape index (κ3) is 2.28. The van der Waals surface area contributed by atoms with Crippen LogP contribution in [0.5, 0.6) is 0 Å². The smallest absolute Gasteiger partial charge is 0.286 e. The molecule has 0 aliphatic carbocycles. The summed E-state index contributed by atoms with van der Waals surface area (Å²) in [5, 5.41) is 10.4. The molecule has 2 heterocycles. The minimum absolute atomic E-state index is 0.216.